The van der Waals surface area contributed by atoms with E-state index in [0.29, 0.717) is 22.0 Å². The van der Waals surface area contributed by atoms with E-state index in [9.17, 15) is 14.9 Å². The molecule has 2 aromatic rings. The van der Waals surface area contributed by atoms with Gasteiger partial charge in [-0.05, 0) is 23.9 Å². The van der Waals surface area contributed by atoms with Gasteiger partial charge in [0.1, 0.15) is 11.5 Å². The molecule has 0 bridgehead atoms. The van der Waals surface area contributed by atoms with Crippen LogP contribution in [0.15, 0.2) is 50.7 Å². The number of thioether (sulfide) groups is 1. The van der Waals surface area contributed by atoms with E-state index in [2.05, 4.69) is 4.99 Å². The van der Waals surface area contributed by atoms with E-state index in [4.69, 9.17) is 10.2 Å². The summed E-state index contributed by atoms with van der Waals surface area (Å²) in [5, 5.41) is 11.0. The number of nitrogens with two attached hydrogens (primary N) is 1. The third-order valence-corrected chi connectivity index (χ3v) is 3.69. The Bertz CT molecular complexity index is 838. The van der Waals surface area contributed by atoms with Crippen molar-refractivity contribution in [1.82, 2.24) is 0 Å². The van der Waals surface area contributed by atoms with Gasteiger partial charge in [0.25, 0.3) is 11.6 Å². The molecule has 8 heteroatoms. The van der Waals surface area contributed by atoms with Crippen molar-refractivity contribution in [3.05, 3.63) is 57.2 Å². The number of non-ortho nitro benzene ring substituents is 1. The monoisotopic (exact) mass is 315 g/mol. The zero-order chi connectivity index (χ0) is 15.7. The third-order valence-electron chi connectivity index (χ3n) is 2.88. The maximum absolute atomic E-state index is 11.5. The zero-order valence-electron chi connectivity index (χ0n) is 11.1. The number of carbonyl (C=O) groups is 1. The molecule has 0 fully saturated rings. The molecule has 1 amide bonds. The van der Waals surface area contributed by atoms with Crippen LogP contribution < -0.4 is 5.73 Å². The molecule has 1 aromatic heterocycles. The van der Waals surface area contributed by atoms with Crippen LogP contribution in [0.25, 0.3) is 17.4 Å². The Kier molecular flexibility index (Phi) is 3.51. The van der Waals surface area contributed by atoms with Gasteiger partial charge in [-0.25, -0.2) is 0 Å². The van der Waals surface area contributed by atoms with E-state index in [0.717, 1.165) is 11.8 Å². The van der Waals surface area contributed by atoms with Crippen LogP contribution in [0.2, 0.25) is 0 Å². The molecular formula is C14H9N3O4S. The molecule has 2 N–H and O–H groups in total. The highest BCUT2D eigenvalue weighted by molar-refractivity contribution is 8.18. The molecule has 0 spiro atoms. The van der Waals surface area contributed by atoms with E-state index in [1.165, 1.54) is 18.2 Å². The normalized spacial score (nSPS) is 16.1. The van der Waals surface area contributed by atoms with E-state index in [-0.39, 0.29) is 10.9 Å². The van der Waals surface area contributed by atoms with Gasteiger partial charge >= 0.3 is 0 Å². The van der Waals surface area contributed by atoms with E-state index >= 15 is 0 Å². The van der Waals surface area contributed by atoms with Crippen LogP contribution in [0.4, 0.5) is 5.69 Å². The Morgan fingerprint density at radius 3 is 2.82 bits per heavy atom. The van der Waals surface area contributed by atoms with Crippen molar-refractivity contribution in [3.63, 3.8) is 0 Å². The molecule has 1 aromatic carbocycles. The lowest BCUT2D eigenvalue weighted by molar-refractivity contribution is -0.384. The van der Waals surface area contributed by atoms with Crippen molar-refractivity contribution in [2.75, 3.05) is 0 Å². The quantitative estimate of drug-likeness (QED) is 0.529. The number of furan rings is 1. The summed E-state index contributed by atoms with van der Waals surface area (Å²) >= 11 is 1.07. The highest BCUT2D eigenvalue weighted by Gasteiger charge is 2.20. The van der Waals surface area contributed by atoms with E-state index < -0.39 is 10.8 Å². The number of amidine groups is 1. The van der Waals surface area contributed by atoms with Crippen molar-refractivity contribution < 1.29 is 14.1 Å². The maximum atomic E-state index is 11.5. The molecule has 2 heterocycles. The summed E-state index contributed by atoms with van der Waals surface area (Å²) in [6.07, 6.45) is 1.54. The summed E-state index contributed by atoms with van der Waals surface area (Å²) in [6.45, 7) is 0. The number of nitro groups is 1. The molecule has 1 aliphatic rings. The first-order chi connectivity index (χ1) is 10.5. The first-order valence-electron chi connectivity index (χ1n) is 6.15. The van der Waals surface area contributed by atoms with Crippen LogP contribution in [0.5, 0.6) is 0 Å². The van der Waals surface area contributed by atoms with Crippen molar-refractivity contribution in [2.24, 2.45) is 10.7 Å². The third kappa shape index (κ3) is 2.77. The molecule has 0 radical (unpaired) electrons. The number of rotatable bonds is 3. The Balaban J connectivity index is 1.89. The summed E-state index contributed by atoms with van der Waals surface area (Å²) in [5.74, 6) is 0.512. The smallest absolute Gasteiger partial charge is 0.286 e. The number of benzene rings is 1. The second-order valence-electron chi connectivity index (χ2n) is 4.38. The number of amides is 1. The Hall–Kier alpha value is -2.87. The Morgan fingerprint density at radius 1 is 1.32 bits per heavy atom. The highest BCUT2D eigenvalue weighted by Crippen LogP contribution is 2.30. The minimum atomic E-state index is -0.469. The van der Waals surface area contributed by atoms with Crippen LogP contribution in [-0.4, -0.2) is 16.0 Å². The Labute approximate surface area is 128 Å². The highest BCUT2D eigenvalue weighted by atomic mass is 32.2. The maximum Gasteiger partial charge on any atom is 0.286 e. The van der Waals surface area contributed by atoms with Gasteiger partial charge in [0.2, 0.25) is 0 Å². The van der Waals surface area contributed by atoms with Crippen molar-refractivity contribution >= 4 is 34.6 Å². The van der Waals surface area contributed by atoms with Crippen molar-refractivity contribution in [3.8, 4) is 11.3 Å². The average Bonchev–Trinajstić information content (AvgIpc) is 3.06. The molecule has 0 unspecified atom stereocenters. The summed E-state index contributed by atoms with van der Waals surface area (Å²) in [5.41, 5.74) is 6.03. The molecule has 110 valence electrons. The second kappa shape index (κ2) is 5.49. The first-order valence-corrected chi connectivity index (χ1v) is 6.97. The standard InChI is InChI=1S/C14H9N3O4S/c15-14-16-13(18)12(22-14)7-10-4-5-11(21-10)8-2-1-3-9(6-8)17(19)20/h1-7H,(H2,15,16,18)/b12-7+. The number of carbonyl (C=O) groups excluding carboxylic acids is 1. The lowest BCUT2D eigenvalue weighted by Crippen LogP contribution is -2.01. The fourth-order valence-electron chi connectivity index (χ4n) is 1.91. The fourth-order valence-corrected chi connectivity index (χ4v) is 2.57. The zero-order valence-corrected chi connectivity index (χ0v) is 11.9. The first kappa shape index (κ1) is 14.1. The number of nitro benzene ring substituents is 1. The van der Waals surface area contributed by atoms with E-state index in [1.807, 2.05) is 0 Å². The number of hydrogen-bond donors (Lipinski definition) is 1. The SMILES string of the molecule is NC1=NC(=O)/C(=C\c2ccc(-c3cccc([N+](=O)[O-])c3)o2)S1. The van der Waals surface area contributed by atoms with Gasteiger partial charge in [-0.15, -0.1) is 0 Å². The lowest BCUT2D eigenvalue weighted by atomic mass is 10.1. The molecule has 0 aliphatic carbocycles. The van der Waals surface area contributed by atoms with Gasteiger partial charge in [0.05, 0.1) is 9.83 Å². The molecule has 0 saturated heterocycles. The second-order valence-corrected chi connectivity index (χ2v) is 5.44. The van der Waals surface area contributed by atoms with Gasteiger partial charge in [0, 0.05) is 23.8 Å². The average molecular weight is 315 g/mol. The van der Waals surface area contributed by atoms with Crippen LogP contribution in [0.1, 0.15) is 5.76 Å². The van der Waals surface area contributed by atoms with Crippen LogP contribution in [0.3, 0.4) is 0 Å². The summed E-state index contributed by atoms with van der Waals surface area (Å²) in [4.78, 5) is 25.8. The van der Waals surface area contributed by atoms with Gasteiger partial charge in [-0.3, -0.25) is 14.9 Å². The van der Waals surface area contributed by atoms with Gasteiger partial charge in [-0.2, -0.15) is 4.99 Å². The minimum absolute atomic E-state index is 0.0171. The molecule has 1 aliphatic heterocycles. The molecular weight excluding hydrogens is 306 g/mol. The number of aliphatic imine (C=N–C) groups is 1. The predicted molar refractivity (Wildman–Crippen MR) is 83.0 cm³/mol. The van der Waals surface area contributed by atoms with E-state index in [1.54, 1.807) is 24.3 Å². The van der Waals surface area contributed by atoms with Gasteiger partial charge in [-0.1, -0.05) is 12.1 Å². The summed E-state index contributed by atoms with van der Waals surface area (Å²) < 4.78 is 5.59. The summed E-state index contributed by atoms with van der Waals surface area (Å²) in [6, 6.07) is 9.47. The van der Waals surface area contributed by atoms with Crippen molar-refractivity contribution in [2.45, 2.75) is 0 Å². The molecule has 3 rings (SSSR count). The van der Waals surface area contributed by atoms with Crippen LogP contribution >= 0.6 is 11.8 Å². The summed E-state index contributed by atoms with van der Waals surface area (Å²) in [7, 11) is 0. The van der Waals surface area contributed by atoms with Gasteiger partial charge in [0.15, 0.2) is 5.17 Å². The van der Waals surface area contributed by atoms with Crippen LogP contribution in [-0.2, 0) is 4.79 Å². The van der Waals surface area contributed by atoms with Crippen LogP contribution in [0, 0.1) is 10.1 Å². The minimum Gasteiger partial charge on any atom is -0.457 e. The largest absolute Gasteiger partial charge is 0.457 e. The topological polar surface area (TPSA) is 112 Å². The lowest BCUT2D eigenvalue weighted by Gasteiger charge is -1.97. The Morgan fingerprint density at radius 2 is 2.14 bits per heavy atom. The number of hydrogen-bond acceptors (Lipinski definition) is 6. The number of nitrogens with zero attached hydrogens (tertiary/aromatic N) is 2. The predicted octanol–water partition coefficient (Wildman–Crippen LogP) is 2.78. The molecule has 22 heavy (non-hydrogen) atoms. The molecule has 0 saturated carbocycles. The fraction of sp³-hybridized carbons (Fsp3) is 0. The van der Waals surface area contributed by atoms with Gasteiger partial charge < -0.3 is 10.2 Å². The molecule has 0 atom stereocenters. The molecule has 7 nitrogen and oxygen atoms in total. The van der Waals surface area contributed by atoms with Crippen molar-refractivity contribution in [1.29, 1.82) is 0 Å².